The molecule has 19 heavy (non-hydrogen) atoms. The highest BCUT2D eigenvalue weighted by Gasteiger charge is 2.12. The monoisotopic (exact) mass is 365 g/mol. The van der Waals surface area contributed by atoms with Crippen LogP contribution in [0.15, 0.2) is 48.5 Å². The van der Waals surface area contributed by atoms with Crippen LogP contribution in [0.3, 0.4) is 0 Å². The highest BCUT2D eigenvalue weighted by atomic mass is 127. The first-order chi connectivity index (χ1) is 9.20. The molecule has 0 aliphatic heterocycles. The Morgan fingerprint density at radius 1 is 1.05 bits per heavy atom. The number of benzene rings is 2. The zero-order chi connectivity index (χ0) is 13.7. The third kappa shape index (κ3) is 4.05. The van der Waals surface area contributed by atoms with E-state index in [2.05, 4.69) is 90.3 Å². The molecule has 1 atom stereocenters. The van der Waals surface area contributed by atoms with Gasteiger partial charge in [0.2, 0.25) is 0 Å². The minimum Gasteiger partial charge on any atom is -0.310 e. The topological polar surface area (TPSA) is 12.0 Å². The maximum absolute atomic E-state index is 3.59. The summed E-state index contributed by atoms with van der Waals surface area (Å²) in [6.45, 7) is 5.34. The Morgan fingerprint density at radius 2 is 1.74 bits per heavy atom. The first-order valence-electron chi connectivity index (χ1n) is 6.74. The van der Waals surface area contributed by atoms with Crippen molar-refractivity contribution in [1.82, 2.24) is 5.32 Å². The maximum Gasteiger partial charge on any atom is 0.0360 e. The van der Waals surface area contributed by atoms with E-state index in [0.717, 1.165) is 13.0 Å². The van der Waals surface area contributed by atoms with E-state index in [0.29, 0.717) is 6.04 Å². The summed E-state index contributed by atoms with van der Waals surface area (Å²) in [5.41, 5.74) is 4.16. The molecule has 1 N–H and O–H groups in total. The predicted molar refractivity (Wildman–Crippen MR) is 90.5 cm³/mol. The average Bonchev–Trinajstić information content (AvgIpc) is 2.42. The molecular weight excluding hydrogens is 345 g/mol. The van der Waals surface area contributed by atoms with E-state index in [4.69, 9.17) is 0 Å². The molecular formula is C17H20IN. The van der Waals surface area contributed by atoms with Gasteiger partial charge in [0.1, 0.15) is 0 Å². The molecule has 2 rings (SSSR count). The second kappa shape index (κ2) is 7.06. The summed E-state index contributed by atoms with van der Waals surface area (Å²) in [4.78, 5) is 0. The Bertz CT molecular complexity index is 519. The molecule has 2 heteroatoms. The fourth-order valence-electron chi connectivity index (χ4n) is 2.31. The lowest BCUT2D eigenvalue weighted by Gasteiger charge is -2.19. The largest absolute Gasteiger partial charge is 0.310 e. The molecule has 0 heterocycles. The Morgan fingerprint density at radius 3 is 2.37 bits per heavy atom. The molecule has 2 aromatic rings. The van der Waals surface area contributed by atoms with Crippen molar-refractivity contribution in [3.05, 3.63) is 68.8 Å². The van der Waals surface area contributed by atoms with Crippen LogP contribution in [0.25, 0.3) is 0 Å². The summed E-state index contributed by atoms with van der Waals surface area (Å²) in [7, 11) is 0. The van der Waals surface area contributed by atoms with Crippen LogP contribution < -0.4 is 5.32 Å². The smallest absolute Gasteiger partial charge is 0.0360 e. The quantitative estimate of drug-likeness (QED) is 0.770. The van der Waals surface area contributed by atoms with Gasteiger partial charge in [-0.15, -0.1) is 0 Å². The number of aryl methyl sites for hydroxylation is 1. The summed E-state index contributed by atoms with van der Waals surface area (Å²) in [6.07, 6.45) is 1.04. The second-order valence-corrected chi connectivity index (χ2v) is 6.04. The number of hydrogen-bond donors (Lipinski definition) is 1. The van der Waals surface area contributed by atoms with Crippen LogP contribution in [-0.2, 0) is 6.42 Å². The van der Waals surface area contributed by atoms with Crippen molar-refractivity contribution in [3.8, 4) is 0 Å². The van der Waals surface area contributed by atoms with Crippen molar-refractivity contribution in [3.63, 3.8) is 0 Å². The van der Waals surface area contributed by atoms with Crippen molar-refractivity contribution in [2.45, 2.75) is 26.3 Å². The molecule has 0 radical (unpaired) electrons. The van der Waals surface area contributed by atoms with Gasteiger partial charge in [0, 0.05) is 9.61 Å². The number of rotatable bonds is 5. The maximum atomic E-state index is 3.59. The van der Waals surface area contributed by atoms with Gasteiger partial charge in [0.15, 0.2) is 0 Å². The molecule has 0 spiro atoms. The normalized spacial score (nSPS) is 12.4. The molecule has 0 saturated carbocycles. The van der Waals surface area contributed by atoms with Crippen molar-refractivity contribution in [1.29, 1.82) is 0 Å². The summed E-state index contributed by atoms with van der Waals surface area (Å²) in [5.74, 6) is 0. The lowest BCUT2D eigenvalue weighted by atomic mass is 9.96. The molecule has 0 aromatic heterocycles. The van der Waals surface area contributed by atoms with E-state index in [1.807, 2.05) is 0 Å². The van der Waals surface area contributed by atoms with Crippen LogP contribution in [-0.4, -0.2) is 6.54 Å². The predicted octanol–water partition coefficient (Wildman–Crippen LogP) is 4.49. The second-order valence-electron chi connectivity index (χ2n) is 4.79. The summed E-state index contributed by atoms with van der Waals surface area (Å²) >= 11 is 2.35. The molecule has 0 fully saturated rings. The standard InChI is InChI=1S/C17H20IN/c1-3-19-17(14-8-10-16(18)11-9-14)12-15-7-5-4-6-13(15)2/h4-11,17,19H,3,12H2,1-2H3. The van der Waals surface area contributed by atoms with Crippen LogP contribution in [0.1, 0.15) is 29.7 Å². The Hall–Kier alpha value is -0.870. The van der Waals surface area contributed by atoms with Gasteiger partial charge in [-0.25, -0.2) is 0 Å². The van der Waals surface area contributed by atoms with Gasteiger partial charge in [-0.3, -0.25) is 0 Å². The summed E-state index contributed by atoms with van der Waals surface area (Å²) in [5, 5.41) is 3.59. The van der Waals surface area contributed by atoms with Gasteiger partial charge in [-0.1, -0.05) is 43.3 Å². The minimum atomic E-state index is 0.392. The van der Waals surface area contributed by atoms with E-state index in [9.17, 15) is 0 Å². The molecule has 100 valence electrons. The first kappa shape index (κ1) is 14.5. The third-order valence-electron chi connectivity index (χ3n) is 3.41. The SMILES string of the molecule is CCNC(Cc1ccccc1C)c1ccc(I)cc1. The minimum absolute atomic E-state index is 0.392. The first-order valence-corrected chi connectivity index (χ1v) is 7.82. The van der Waals surface area contributed by atoms with Crippen LogP contribution in [0.2, 0.25) is 0 Å². The fraction of sp³-hybridized carbons (Fsp3) is 0.294. The van der Waals surface area contributed by atoms with Gasteiger partial charge in [-0.05, 0) is 71.3 Å². The van der Waals surface area contributed by atoms with Crippen molar-refractivity contribution in [2.75, 3.05) is 6.54 Å². The van der Waals surface area contributed by atoms with Crippen LogP contribution in [0.5, 0.6) is 0 Å². The average molecular weight is 365 g/mol. The van der Waals surface area contributed by atoms with E-state index < -0.39 is 0 Å². The van der Waals surface area contributed by atoms with Gasteiger partial charge in [0.05, 0.1) is 0 Å². The Kier molecular flexibility index (Phi) is 5.40. The molecule has 0 bridgehead atoms. The van der Waals surface area contributed by atoms with E-state index >= 15 is 0 Å². The van der Waals surface area contributed by atoms with Gasteiger partial charge in [-0.2, -0.15) is 0 Å². The van der Waals surface area contributed by atoms with Crippen molar-refractivity contribution >= 4 is 22.6 Å². The molecule has 2 aromatic carbocycles. The molecule has 1 unspecified atom stereocenters. The number of nitrogens with one attached hydrogen (secondary N) is 1. The highest BCUT2D eigenvalue weighted by Crippen LogP contribution is 2.21. The van der Waals surface area contributed by atoms with E-state index in [-0.39, 0.29) is 0 Å². The number of hydrogen-bond acceptors (Lipinski definition) is 1. The lowest BCUT2D eigenvalue weighted by Crippen LogP contribution is -2.23. The van der Waals surface area contributed by atoms with Crippen LogP contribution >= 0.6 is 22.6 Å². The number of halogens is 1. The molecule has 0 amide bonds. The molecule has 0 saturated heterocycles. The number of likely N-dealkylation sites (N-methyl/N-ethyl adjacent to an activating group) is 1. The molecule has 1 nitrogen and oxygen atoms in total. The van der Waals surface area contributed by atoms with Gasteiger partial charge in [0.25, 0.3) is 0 Å². The summed E-state index contributed by atoms with van der Waals surface area (Å²) in [6, 6.07) is 17.9. The highest BCUT2D eigenvalue weighted by molar-refractivity contribution is 14.1. The van der Waals surface area contributed by atoms with Crippen LogP contribution in [0.4, 0.5) is 0 Å². The van der Waals surface area contributed by atoms with Gasteiger partial charge >= 0.3 is 0 Å². The van der Waals surface area contributed by atoms with E-state index in [1.54, 1.807) is 0 Å². The van der Waals surface area contributed by atoms with Gasteiger partial charge < -0.3 is 5.32 Å². The fourth-order valence-corrected chi connectivity index (χ4v) is 2.67. The van der Waals surface area contributed by atoms with Crippen LogP contribution in [0, 0.1) is 10.5 Å². The Labute approximate surface area is 129 Å². The van der Waals surface area contributed by atoms with Crippen molar-refractivity contribution in [2.24, 2.45) is 0 Å². The Balaban J connectivity index is 2.21. The third-order valence-corrected chi connectivity index (χ3v) is 4.13. The van der Waals surface area contributed by atoms with Crippen molar-refractivity contribution < 1.29 is 0 Å². The molecule has 0 aliphatic carbocycles. The summed E-state index contributed by atoms with van der Waals surface area (Å²) < 4.78 is 1.28. The lowest BCUT2D eigenvalue weighted by molar-refractivity contribution is 0.548. The zero-order valence-corrected chi connectivity index (χ0v) is 13.6. The van der Waals surface area contributed by atoms with E-state index in [1.165, 1.54) is 20.3 Å². The molecule has 0 aliphatic rings. The zero-order valence-electron chi connectivity index (χ0n) is 11.5.